The number of carbonyl (C=O) groups excluding carboxylic acids is 2. The van der Waals surface area contributed by atoms with E-state index in [0.717, 1.165) is 5.56 Å². The molecule has 0 aliphatic heterocycles. The summed E-state index contributed by atoms with van der Waals surface area (Å²) in [6.07, 6.45) is -0.401. The van der Waals surface area contributed by atoms with Gasteiger partial charge in [0.15, 0.2) is 0 Å². The number of carbonyl (C=O) groups is 2. The minimum atomic E-state index is -0.863. The van der Waals surface area contributed by atoms with Crippen molar-refractivity contribution in [1.29, 1.82) is 0 Å². The minimum absolute atomic E-state index is 0.0408. The predicted octanol–water partition coefficient (Wildman–Crippen LogP) is -0.232. The highest BCUT2D eigenvalue weighted by Crippen LogP contribution is 2.01. The Balaban J connectivity index is 2.27. The Hall–Kier alpha value is -2.08. The molecule has 0 saturated carbocycles. The predicted molar refractivity (Wildman–Crippen MR) is 66.7 cm³/mol. The van der Waals surface area contributed by atoms with Gasteiger partial charge in [-0.3, -0.25) is 4.79 Å². The van der Waals surface area contributed by atoms with Crippen molar-refractivity contribution in [3.05, 3.63) is 35.9 Å². The van der Waals surface area contributed by atoms with Crippen LogP contribution < -0.4 is 16.8 Å². The molecule has 1 aromatic carbocycles. The van der Waals surface area contributed by atoms with Gasteiger partial charge < -0.3 is 21.5 Å². The zero-order valence-electron chi connectivity index (χ0n) is 9.96. The molecule has 6 nitrogen and oxygen atoms in total. The lowest BCUT2D eigenvalue weighted by molar-refractivity contribution is -0.122. The van der Waals surface area contributed by atoms with E-state index in [9.17, 15) is 9.59 Å². The number of hydrogen-bond donors (Lipinski definition) is 3. The van der Waals surface area contributed by atoms with Crippen LogP contribution in [0.3, 0.4) is 0 Å². The molecular formula is C12H17N3O3. The highest BCUT2D eigenvalue weighted by molar-refractivity contribution is 5.81. The molecule has 6 heteroatoms. The van der Waals surface area contributed by atoms with E-state index in [1.165, 1.54) is 0 Å². The van der Waals surface area contributed by atoms with Crippen molar-refractivity contribution in [3.8, 4) is 0 Å². The summed E-state index contributed by atoms with van der Waals surface area (Å²) < 4.78 is 4.47. The van der Waals surface area contributed by atoms with E-state index in [1.54, 1.807) is 0 Å². The average molecular weight is 251 g/mol. The van der Waals surface area contributed by atoms with Gasteiger partial charge >= 0.3 is 6.09 Å². The van der Waals surface area contributed by atoms with Crippen LogP contribution in [-0.4, -0.2) is 31.2 Å². The molecule has 98 valence electrons. The van der Waals surface area contributed by atoms with Crippen LogP contribution in [0.2, 0.25) is 0 Å². The molecule has 0 aromatic heterocycles. The topological polar surface area (TPSA) is 107 Å². The fraction of sp³-hybridized carbons (Fsp3) is 0.333. The molecule has 18 heavy (non-hydrogen) atoms. The molecule has 0 radical (unpaired) electrons. The zero-order valence-corrected chi connectivity index (χ0v) is 9.96. The number of nitrogens with two attached hydrogens (primary N) is 2. The van der Waals surface area contributed by atoms with Crippen molar-refractivity contribution in [2.75, 3.05) is 13.2 Å². The molecular weight excluding hydrogens is 234 g/mol. The average Bonchev–Trinajstić information content (AvgIpc) is 2.35. The summed E-state index contributed by atoms with van der Waals surface area (Å²) in [5, 5.41) is 2.56. The Morgan fingerprint density at radius 3 is 2.56 bits per heavy atom. The maximum Gasteiger partial charge on any atom is 0.404 e. The van der Waals surface area contributed by atoms with Crippen LogP contribution >= 0.6 is 0 Å². The van der Waals surface area contributed by atoms with E-state index in [-0.39, 0.29) is 19.1 Å². The number of ether oxygens (including phenoxy) is 1. The van der Waals surface area contributed by atoms with E-state index >= 15 is 0 Å². The molecule has 5 N–H and O–H groups in total. The van der Waals surface area contributed by atoms with E-state index < -0.39 is 12.1 Å². The van der Waals surface area contributed by atoms with E-state index in [4.69, 9.17) is 11.5 Å². The number of primary amides is 1. The van der Waals surface area contributed by atoms with E-state index in [1.807, 2.05) is 30.3 Å². The van der Waals surface area contributed by atoms with Gasteiger partial charge in [0, 0.05) is 0 Å². The Labute approximate surface area is 105 Å². The van der Waals surface area contributed by atoms with Gasteiger partial charge in [-0.2, -0.15) is 0 Å². The molecule has 0 fully saturated rings. The van der Waals surface area contributed by atoms with Crippen LogP contribution in [0.1, 0.15) is 5.56 Å². The number of rotatable bonds is 6. The number of amides is 2. The van der Waals surface area contributed by atoms with E-state index in [0.29, 0.717) is 6.42 Å². The maximum absolute atomic E-state index is 11.6. The maximum atomic E-state index is 11.6. The molecule has 1 atom stereocenters. The third-order valence-electron chi connectivity index (χ3n) is 2.28. The molecule has 0 saturated heterocycles. The van der Waals surface area contributed by atoms with Gasteiger partial charge in [-0.05, 0) is 12.0 Å². The number of benzene rings is 1. The highest BCUT2D eigenvalue weighted by atomic mass is 16.5. The fourth-order valence-corrected chi connectivity index (χ4v) is 1.42. The highest BCUT2D eigenvalue weighted by Gasteiger charge is 2.13. The van der Waals surface area contributed by atoms with Crippen molar-refractivity contribution in [2.24, 2.45) is 11.5 Å². The van der Waals surface area contributed by atoms with Gasteiger partial charge in [0.05, 0.1) is 12.6 Å². The lowest BCUT2D eigenvalue weighted by Crippen LogP contribution is -2.43. The third-order valence-corrected chi connectivity index (χ3v) is 2.28. The first-order chi connectivity index (χ1) is 8.59. The molecule has 0 bridgehead atoms. The summed E-state index contributed by atoms with van der Waals surface area (Å²) in [5.41, 5.74) is 11.5. The second-order valence-corrected chi connectivity index (χ2v) is 3.75. The van der Waals surface area contributed by atoms with Crippen LogP contribution in [-0.2, 0) is 16.0 Å². The largest absolute Gasteiger partial charge is 0.448 e. The normalized spacial score (nSPS) is 11.6. The summed E-state index contributed by atoms with van der Waals surface area (Å²) in [5.74, 6) is -0.285. The van der Waals surface area contributed by atoms with Crippen LogP contribution in [0.25, 0.3) is 0 Å². The van der Waals surface area contributed by atoms with Gasteiger partial charge in [-0.15, -0.1) is 0 Å². The molecule has 0 unspecified atom stereocenters. The Morgan fingerprint density at radius 1 is 1.28 bits per heavy atom. The first-order valence-corrected chi connectivity index (χ1v) is 5.59. The van der Waals surface area contributed by atoms with Crippen LogP contribution in [0.5, 0.6) is 0 Å². The zero-order chi connectivity index (χ0) is 13.4. The molecule has 1 rings (SSSR count). The lowest BCUT2D eigenvalue weighted by Gasteiger charge is -2.12. The molecule has 1 aromatic rings. The second-order valence-electron chi connectivity index (χ2n) is 3.75. The van der Waals surface area contributed by atoms with Gasteiger partial charge in [0.25, 0.3) is 0 Å². The van der Waals surface area contributed by atoms with Crippen molar-refractivity contribution in [1.82, 2.24) is 5.32 Å². The molecule has 0 spiro atoms. The van der Waals surface area contributed by atoms with Gasteiger partial charge in [-0.25, -0.2) is 4.79 Å². The van der Waals surface area contributed by atoms with Gasteiger partial charge in [-0.1, -0.05) is 30.3 Å². The van der Waals surface area contributed by atoms with E-state index in [2.05, 4.69) is 10.1 Å². The Morgan fingerprint density at radius 2 is 1.94 bits per heavy atom. The van der Waals surface area contributed by atoms with Crippen LogP contribution in [0.15, 0.2) is 30.3 Å². The van der Waals surface area contributed by atoms with Crippen LogP contribution in [0.4, 0.5) is 4.79 Å². The molecule has 0 aliphatic carbocycles. The monoisotopic (exact) mass is 251 g/mol. The number of nitrogens with one attached hydrogen (secondary N) is 1. The van der Waals surface area contributed by atoms with Crippen molar-refractivity contribution in [2.45, 2.75) is 12.5 Å². The summed E-state index contributed by atoms with van der Waals surface area (Å²) in [4.78, 5) is 21.9. The standard InChI is InChI=1S/C12H17N3O3/c13-10(8-9-4-2-1-3-5-9)11(16)15-6-7-18-12(14)17/h1-5,10H,6-8,13H2,(H2,14,17)(H,15,16)/t10-/m1/s1. The van der Waals surface area contributed by atoms with Crippen molar-refractivity contribution in [3.63, 3.8) is 0 Å². The van der Waals surface area contributed by atoms with Gasteiger partial charge in [0.1, 0.15) is 6.61 Å². The third kappa shape index (κ3) is 5.31. The first-order valence-electron chi connectivity index (χ1n) is 5.59. The quantitative estimate of drug-likeness (QED) is 0.607. The summed E-state index contributed by atoms with van der Waals surface area (Å²) >= 11 is 0. The molecule has 0 heterocycles. The smallest absolute Gasteiger partial charge is 0.404 e. The first kappa shape index (κ1) is 14.0. The second kappa shape index (κ2) is 7.29. The van der Waals surface area contributed by atoms with Crippen LogP contribution in [0, 0.1) is 0 Å². The Kier molecular flexibility index (Phi) is 5.66. The fourth-order valence-electron chi connectivity index (χ4n) is 1.42. The Bertz CT molecular complexity index is 395. The molecule has 0 aliphatic rings. The summed E-state index contributed by atoms with van der Waals surface area (Å²) in [6, 6.07) is 8.87. The van der Waals surface area contributed by atoms with Gasteiger partial charge in [0.2, 0.25) is 5.91 Å². The summed E-state index contributed by atoms with van der Waals surface area (Å²) in [6.45, 7) is 0.239. The summed E-state index contributed by atoms with van der Waals surface area (Å²) in [7, 11) is 0. The number of hydrogen-bond acceptors (Lipinski definition) is 4. The minimum Gasteiger partial charge on any atom is -0.448 e. The molecule has 2 amide bonds. The lowest BCUT2D eigenvalue weighted by atomic mass is 10.1. The SMILES string of the molecule is NC(=O)OCCNC(=O)[C@H](N)Cc1ccccc1. The van der Waals surface area contributed by atoms with Crippen molar-refractivity contribution >= 4 is 12.0 Å². The van der Waals surface area contributed by atoms with Crippen molar-refractivity contribution < 1.29 is 14.3 Å².